The second-order valence-corrected chi connectivity index (χ2v) is 8.81. The molecule has 0 saturated heterocycles. The molecule has 0 spiro atoms. The van der Waals surface area contributed by atoms with Crippen LogP contribution in [0.25, 0.3) is 0 Å². The van der Waals surface area contributed by atoms with Gasteiger partial charge in [-0.25, -0.2) is 13.4 Å². The Morgan fingerprint density at radius 3 is 2.71 bits per heavy atom. The number of aromatic hydroxyl groups is 1. The summed E-state index contributed by atoms with van der Waals surface area (Å²) in [4.78, 5) is 3.83. The standard InChI is InChI=1S/C15H17BrClN3O3S/c16-10-6-12(17)15(21)13(7-10)24(22,23)19-14-8-20(9-18-14)11-4-2-1-3-5-11/h6-9,11,19,21H,1-5H2. The van der Waals surface area contributed by atoms with Crippen LogP contribution in [-0.4, -0.2) is 23.1 Å². The van der Waals surface area contributed by atoms with E-state index in [2.05, 4.69) is 25.6 Å². The van der Waals surface area contributed by atoms with E-state index in [1.54, 1.807) is 12.5 Å². The van der Waals surface area contributed by atoms with E-state index in [4.69, 9.17) is 11.6 Å². The van der Waals surface area contributed by atoms with Crippen molar-refractivity contribution in [1.29, 1.82) is 0 Å². The molecule has 130 valence electrons. The number of halogens is 2. The van der Waals surface area contributed by atoms with Gasteiger partial charge in [-0.3, -0.25) is 4.72 Å². The van der Waals surface area contributed by atoms with E-state index in [0.29, 0.717) is 10.5 Å². The van der Waals surface area contributed by atoms with Crippen LogP contribution in [0.2, 0.25) is 5.02 Å². The topological polar surface area (TPSA) is 84.2 Å². The predicted molar refractivity (Wildman–Crippen MR) is 96.0 cm³/mol. The molecule has 0 radical (unpaired) electrons. The lowest BCUT2D eigenvalue weighted by Crippen LogP contribution is -2.14. The van der Waals surface area contributed by atoms with E-state index in [0.717, 1.165) is 12.8 Å². The third-order valence-corrected chi connectivity index (χ3v) is 6.23. The van der Waals surface area contributed by atoms with Crippen molar-refractivity contribution in [3.05, 3.63) is 34.2 Å². The van der Waals surface area contributed by atoms with Gasteiger partial charge in [0.2, 0.25) is 0 Å². The van der Waals surface area contributed by atoms with Crippen LogP contribution in [-0.2, 0) is 10.0 Å². The van der Waals surface area contributed by atoms with Crippen molar-refractivity contribution >= 4 is 43.4 Å². The zero-order valence-electron chi connectivity index (χ0n) is 12.7. The minimum absolute atomic E-state index is 0.0440. The van der Waals surface area contributed by atoms with Crippen molar-refractivity contribution in [2.24, 2.45) is 0 Å². The Hall–Kier alpha value is -1.25. The van der Waals surface area contributed by atoms with Gasteiger partial charge in [-0.1, -0.05) is 46.8 Å². The lowest BCUT2D eigenvalue weighted by molar-refractivity contribution is 0.353. The van der Waals surface area contributed by atoms with E-state index in [9.17, 15) is 13.5 Å². The van der Waals surface area contributed by atoms with E-state index in [-0.39, 0.29) is 15.7 Å². The van der Waals surface area contributed by atoms with Gasteiger partial charge in [0.15, 0.2) is 11.6 Å². The van der Waals surface area contributed by atoms with Crippen LogP contribution in [0.3, 0.4) is 0 Å². The molecule has 0 aliphatic heterocycles. The van der Waals surface area contributed by atoms with Crippen molar-refractivity contribution in [3.8, 4) is 5.75 Å². The zero-order valence-corrected chi connectivity index (χ0v) is 15.9. The summed E-state index contributed by atoms with van der Waals surface area (Å²) in [7, 11) is -4.00. The summed E-state index contributed by atoms with van der Waals surface area (Å²) in [5, 5.41) is 9.90. The molecule has 6 nitrogen and oxygen atoms in total. The summed E-state index contributed by atoms with van der Waals surface area (Å²) in [6.45, 7) is 0. The number of aromatic nitrogens is 2. The number of sulfonamides is 1. The molecule has 1 heterocycles. The SMILES string of the molecule is O=S(=O)(Nc1cn(C2CCCCC2)cn1)c1cc(Br)cc(Cl)c1O. The van der Waals surface area contributed by atoms with Crippen LogP contribution in [0.1, 0.15) is 38.1 Å². The molecule has 1 aromatic carbocycles. The van der Waals surface area contributed by atoms with Crippen LogP contribution >= 0.6 is 27.5 Å². The fourth-order valence-electron chi connectivity index (χ4n) is 2.91. The Balaban J connectivity index is 1.84. The number of nitrogens with one attached hydrogen (secondary N) is 1. The molecular formula is C15H17BrClN3O3S. The minimum Gasteiger partial charge on any atom is -0.505 e. The van der Waals surface area contributed by atoms with Crippen LogP contribution in [0, 0.1) is 0 Å². The number of benzene rings is 1. The summed E-state index contributed by atoms with van der Waals surface area (Å²) in [6.07, 6.45) is 9.07. The average molecular weight is 435 g/mol. The van der Waals surface area contributed by atoms with Gasteiger partial charge in [-0.05, 0) is 25.0 Å². The molecule has 1 aliphatic carbocycles. The van der Waals surface area contributed by atoms with E-state index in [1.165, 1.54) is 31.4 Å². The number of phenols is 1. The fourth-order valence-corrected chi connectivity index (χ4v) is 5.06. The molecule has 1 fully saturated rings. The van der Waals surface area contributed by atoms with Gasteiger partial charge in [-0.2, -0.15) is 0 Å². The molecule has 0 unspecified atom stereocenters. The molecule has 0 amide bonds. The minimum atomic E-state index is -4.00. The van der Waals surface area contributed by atoms with Crippen LogP contribution < -0.4 is 4.72 Å². The summed E-state index contributed by atoms with van der Waals surface area (Å²) < 4.78 is 29.8. The molecule has 2 N–H and O–H groups in total. The highest BCUT2D eigenvalue weighted by molar-refractivity contribution is 9.10. The second-order valence-electron chi connectivity index (χ2n) is 5.84. The summed E-state index contributed by atoms with van der Waals surface area (Å²) in [5.74, 6) is -0.268. The van der Waals surface area contributed by atoms with E-state index in [1.807, 2.05) is 4.57 Å². The number of rotatable bonds is 4. The quantitative estimate of drug-likeness (QED) is 0.751. The number of anilines is 1. The lowest BCUT2D eigenvalue weighted by Gasteiger charge is -2.22. The van der Waals surface area contributed by atoms with Crippen molar-refractivity contribution in [2.75, 3.05) is 4.72 Å². The summed E-state index contributed by atoms with van der Waals surface area (Å²) in [5.41, 5.74) is 0. The molecular weight excluding hydrogens is 418 g/mol. The first-order chi connectivity index (χ1) is 11.4. The first-order valence-corrected chi connectivity index (χ1v) is 10.3. The van der Waals surface area contributed by atoms with E-state index >= 15 is 0 Å². The van der Waals surface area contributed by atoms with Gasteiger partial charge >= 0.3 is 0 Å². The van der Waals surface area contributed by atoms with Crippen molar-refractivity contribution in [1.82, 2.24) is 9.55 Å². The largest absolute Gasteiger partial charge is 0.505 e. The number of hydrogen-bond acceptors (Lipinski definition) is 4. The van der Waals surface area contributed by atoms with Crippen LogP contribution in [0.4, 0.5) is 5.82 Å². The Labute approximate surface area is 154 Å². The maximum atomic E-state index is 12.5. The van der Waals surface area contributed by atoms with Crippen molar-refractivity contribution < 1.29 is 13.5 Å². The number of nitrogens with zero attached hydrogens (tertiary/aromatic N) is 2. The van der Waals surface area contributed by atoms with E-state index < -0.39 is 15.8 Å². The first kappa shape index (κ1) is 17.6. The fraction of sp³-hybridized carbons (Fsp3) is 0.400. The number of imidazole rings is 1. The van der Waals surface area contributed by atoms with Gasteiger partial charge in [0.1, 0.15) is 4.90 Å². The van der Waals surface area contributed by atoms with Gasteiger partial charge < -0.3 is 9.67 Å². The van der Waals surface area contributed by atoms with Crippen molar-refractivity contribution in [3.63, 3.8) is 0 Å². The molecule has 1 saturated carbocycles. The first-order valence-electron chi connectivity index (χ1n) is 7.61. The molecule has 1 aliphatic rings. The molecule has 24 heavy (non-hydrogen) atoms. The third kappa shape index (κ3) is 3.70. The van der Waals surface area contributed by atoms with Crippen molar-refractivity contribution in [2.45, 2.75) is 43.0 Å². The Morgan fingerprint density at radius 2 is 2.00 bits per heavy atom. The maximum absolute atomic E-state index is 12.5. The van der Waals surface area contributed by atoms with Gasteiger partial charge in [0, 0.05) is 16.7 Å². The monoisotopic (exact) mass is 433 g/mol. The highest BCUT2D eigenvalue weighted by Crippen LogP contribution is 2.35. The number of phenolic OH excluding ortho intramolecular Hbond substituents is 1. The highest BCUT2D eigenvalue weighted by Gasteiger charge is 2.23. The summed E-state index contributed by atoms with van der Waals surface area (Å²) >= 11 is 9.02. The normalized spacial score (nSPS) is 16.2. The number of hydrogen-bond donors (Lipinski definition) is 2. The third-order valence-electron chi connectivity index (χ3n) is 4.12. The highest BCUT2D eigenvalue weighted by atomic mass is 79.9. The zero-order chi connectivity index (χ0) is 17.3. The smallest absolute Gasteiger partial charge is 0.266 e. The predicted octanol–water partition coefficient (Wildman–Crippen LogP) is 4.31. The molecule has 2 aromatic rings. The molecule has 0 atom stereocenters. The molecule has 3 rings (SSSR count). The van der Waals surface area contributed by atoms with Gasteiger partial charge in [0.05, 0.1) is 11.3 Å². The van der Waals surface area contributed by atoms with Crippen LogP contribution in [0.5, 0.6) is 5.75 Å². The Morgan fingerprint density at radius 1 is 1.29 bits per heavy atom. The van der Waals surface area contributed by atoms with Crippen LogP contribution in [0.15, 0.2) is 34.0 Å². The second kappa shape index (κ2) is 6.93. The Kier molecular flexibility index (Phi) is 5.08. The molecule has 0 bridgehead atoms. The average Bonchev–Trinajstić information content (AvgIpc) is 2.99. The van der Waals surface area contributed by atoms with Gasteiger partial charge in [-0.15, -0.1) is 0 Å². The molecule has 9 heteroatoms. The van der Waals surface area contributed by atoms with Gasteiger partial charge in [0.25, 0.3) is 10.0 Å². The lowest BCUT2D eigenvalue weighted by atomic mass is 9.95. The molecule has 1 aromatic heterocycles. The summed E-state index contributed by atoms with van der Waals surface area (Å²) in [6, 6.07) is 3.08. The maximum Gasteiger partial charge on any atom is 0.266 e. The Bertz CT molecular complexity index is 848.